The van der Waals surface area contributed by atoms with Crippen LogP contribution in [0, 0.1) is 0 Å². The van der Waals surface area contributed by atoms with Crippen molar-refractivity contribution in [2.75, 3.05) is 0 Å². The molecule has 0 fully saturated rings. The van der Waals surface area contributed by atoms with Crippen LogP contribution in [0.5, 0.6) is 0 Å². The van der Waals surface area contributed by atoms with E-state index in [1.54, 1.807) is 0 Å². The normalized spacial score (nSPS) is 9.00. The standard InChI is InChI=1S/C5H7B2N/c6-4-2-1-3-5(7)8-4/h1-3H,6-7H2. The Labute approximate surface area is 51.0 Å². The van der Waals surface area contributed by atoms with Gasteiger partial charge in [0, 0.05) is 0 Å². The van der Waals surface area contributed by atoms with Crippen LogP contribution in [-0.4, -0.2) is 20.7 Å². The molecule has 1 aromatic heterocycles. The molecule has 0 aliphatic carbocycles. The summed E-state index contributed by atoms with van der Waals surface area (Å²) in [5.41, 5.74) is 2.18. The lowest BCUT2D eigenvalue weighted by atomic mass is 9.99. The fourth-order valence-corrected chi connectivity index (χ4v) is 0.679. The van der Waals surface area contributed by atoms with Crippen molar-refractivity contribution in [1.82, 2.24) is 4.98 Å². The highest BCUT2D eigenvalue weighted by Gasteiger charge is 1.82. The average molecular weight is 103 g/mol. The first-order valence-electron chi connectivity index (χ1n) is 2.69. The third-order valence-electron chi connectivity index (χ3n) is 1.03. The number of hydrogen-bond donors (Lipinski definition) is 0. The molecule has 0 spiro atoms. The number of rotatable bonds is 0. The highest BCUT2D eigenvalue weighted by Crippen LogP contribution is 1.67. The zero-order chi connectivity index (χ0) is 5.98. The summed E-state index contributed by atoms with van der Waals surface area (Å²) in [5, 5.41) is 0. The summed E-state index contributed by atoms with van der Waals surface area (Å²) < 4.78 is 0. The maximum absolute atomic E-state index is 4.17. The van der Waals surface area contributed by atoms with Gasteiger partial charge < -0.3 is 0 Å². The Morgan fingerprint density at radius 3 is 1.88 bits per heavy atom. The molecule has 1 rings (SSSR count). The van der Waals surface area contributed by atoms with Crippen molar-refractivity contribution in [3.05, 3.63) is 18.2 Å². The van der Waals surface area contributed by atoms with Gasteiger partial charge in [-0.25, -0.2) is 0 Å². The molecule has 0 bridgehead atoms. The van der Waals surface area contributed by atoms with Gasteiger partial charge in [-0.05, 0) is 11.2 Å². The summed E-state index contributed by atoms with van der Waals surface area (Å²) in [5.74, 6) is 0. The van der Waals surface area contributed by atoms with Gasteiger partial charge in [-0.1, -0.05) is 18.2 Å². The lowest BCUT2D eigenvalue weighted by Crippen LogP contribution is -2.19. The van der Waals surface area contributed by atoms with E-state index in [0.717, 1.165) is 11.2 Å². The van der Waals surface area contributed by atoms with Gasteiger partial charge in [-0.2, -0.15) is 0 Å². The molecule has 0 amide bonds. The minimum absolute atomic E-state index is 1.09. The topological polar surface area (TPSA) is 12.9 Å². The second-order valence-corrected chi connectivity index (χ2v) is 1.92. The number of aromatic nitrogens is 1. The van der Waals surface area contributed by atoms with E-state index in [1.807, 2.05) is 33.9 Å². The van der Waals surface area contributed by atoms with Crippen LogP contribution in [-0.2, 0) is 0 Å². The Morgan fingerprint density at radius 1 is 1.12 bits per heavy atom. The van der Waals surface area contributed by atoms with E-state index in [4.69, 9.17) is 0 Å². The van der Waals surface area contributed by atoms with Gasteiger partial charge >= 0.3 is 0 Å². The minimum Gasteiger partial charge on any atom is -0.280 e. The zero-order valence-corrected chi connectivity index (χ0v) is 5.18. The van der Waals surface area contributed by atoms with Crippen LogP contribution in [0.2, 0.25) is 0 Å². The SMILES string of the molecule is Bc1cccc(B)n1. The summed E-state index contributed by atoms with van der Waals surface area (Å²) in [6.45, 7) is 0. The van der Waals surface area contributed by atoms with Gasteiger partial charge in [-0.15, -0.1) is 0 Å². The summed E-state index contributed by atoms with van der Waals surface area (Å²) in [6.07, 6.45) is 0. The van der Waals surface area contributed by atoms with E-state index in [1.165, 1.54) is 0 Å². The number of nitrogens with zero attached hydrogens (tertiary/aromatic N) is 1. The first-order chi connectivity index (χ1) is 3.79. The largest absolute Gasteiger partial charge is 0.280 e. The molecule has 0 saturated heterocycles. The van der Waals surface area contributed by atoms with E-state index < -0.39 is 0 Å². The van der Waals surface area contributed by atoms with Gasteiger partial charge in [-0.3, -0.25) is 4.98 Å². The average Bonchev–Trinajstić information content (AvgIpc) is 1.64. The van der Waals surface area contributed by atoms with E-state index >= 15 is 0 Å². The monoisotopic (exact) mass is 103 g/mol. The molecule has 0 N–H and O–H groups in total. The molecule has 0 unspecified atom stereocenters. The van der Waals surface area contributed by atoms with Crippen molar-refractivity contribution in [3.8, 4) is 0 Å². The number of hydrogen-bond acceptors (Lipinski definition) is 1. The Balaban J connectivity index is 3.08. The molecule has 38 valence electrons. The Bertz CT molecular complexity index is 170. The van der Waals surface area contributed by atoms with E-state index in [9.17, 15) is 0 Å². The molecule has 0 radical (unpaired) electrons. The zero-order valence-electron chi connectivity index (χ0n) is 5.18. The maximum Gasteiger partial charge on any atom is 0.163 e. The third-order valence-corrected chi connectivity index (χ3v) is 1.03. The first-order valence-corrected chi connectivity index (χ1v) is 2.69. The van der Waals surface area contributed by atoms with E-state index in [2.05, 4.69) is 4.98 Å². The van der Waals surface area contributed by atoms with Crippen molar-refractivity contribution in [3.63, 3.8) is 0 Å². The molecule has 0 aliphatic heterocycles. The van der Waals surface area contributed by atoms with Gasteiger partial charge in [0.15, 0.2) is 15.7 Å². The first kappa shape index (κ1) is 5.42. The van der Waals surface area contributed by atoms with Crippen LogP contribution in [0.15, 0.2) is 18.2 Å². The molecular weight excluding hydrogens is 95.7 g/mol. The van der Waals surface area contributed by atoms with Crippen molar-refractivity contribution in [2.24, 2.45) is 0 Å². The summed E-state index contributed by atoms with van der Waals surface area (Å²) in [4.78, 5) is 4.17. The smallest absolute Gasteiger partial charge is 0.163 e. The highest BCUT2D eigenvalue weighted by molar-refractivity contribution is 6.34. The number of pyridine rings is 1. The van der Waals surface area contributed by atoms with E-state index in [0.29, 0.717) is 0 Å². The predicted octanol–water partition coefficient (Wildman–Crippen LogP) is -2.40. The van der Waals surface area contributed by atoms with Crippen molar-refractivity contribution in [1.29, 1.82) is 0 Å². The third kappa shape index (κ3) is 1.12. The van der Waals surface area contributed by atoms with Crippen LogP contribution >= 0.6 is 0 Å². The van der Waals surface area contributed by atoms with E-state index in [-0.39, 0.29) is 0 Å². The molecule has 1 aromatic rings. The van der Waals surface area contributed by atoms with Gasteiger partial charge in [0.05, 0.1) is 0 Å². The Kier molecular flexibility index (Phi) is 1.38. The fraction of sp³-hybridized carbons (Fsp3) is 0. The highest BCUT2D eigenvalue weighted by atomic mass is 14.7. The second kappa shape index (κ2) is 2.03. The van der Waals surface area contributed by atoms with Crippen LogP contribution in [0.3, 0.4) is 0 Å². The Morgan fingerprint density at radius 2 is 1.62 bits per heavy atom. The fourth-order valence-electron chi connectivity index (χ4n) is 0.679. The maximum atomic E-state index is 4.17. The molecule has 0 atom stereocenters. The van der Waals surface area contributed by atoms with Gasteiger partial charge in [0.25, 0.3) is 0 Å². The Hall–Kier alpha value is -0.720. The van der Waals surface area contributed by atoms with Crippen LogP contribution in [0.1, 0.15) is 0 Å². The van der Waals surface area contributed by atoms with Crippen molar-refractivity contribution in [2.45, 2.75) is 0 Å². The molecule has 3 heteroatoms. The summed E-state index contributed by atoms with van der Waals surface area (Å²) in [6, 6.07) is 6.00. The minimum atomic E-state index is 1.09. The molecule has 1 nitrogen and oxygen atoms in total. The molecule has 0 aromatic carbocycles. The summed E-state index contributed by atoms with van der Waals surface area (Å²) >= 11 is 0. The van der Waals surface area contributed by atoms with Gasteiger partial charge in [0.2, 0.25) is 0 Å². The quantitative estimate of drug-likeness (QED) is 0.333. The lowest BCUT2D eigenvalue weighted by Gasteiger charge is -1.90. The van der Waals surface area contributed by atoms with Gasteiger partial charge in [0.1, 0.15) is 0 Å². The summed E-state index contributed by atoms with van der Waals surface area (Å²) in [7, 11) is 3.99. The second-order valence-electron chi connectivity index (χ2n) is 1.92. The van der Waals surface area contributed by atoms with Crippen LogP contribution in [0.4, 0.5) is 0 Å². The lowest BCUT2D eigenvalue weighted by molar-refractivity contribution is 1.46. The molecule has 8 heavy (non-hydrogen) atoms. The van der Waals surface area contributed by atoms with Crippen molar-refractivity contribution >= 4 is 26.9 Å². The van der Waals surface area contributed by atoms with Crippen molar-refractivity contribution < 1.29 is 0 Å². The van der Waals surface area contributed by atoms with Crippen LogP contribution < -0.4 is 11.2 Å². The molecule has 0 aliphatic rings. The molecule has 0 saturated carbocycles. The molecular formula is C5H7B2N. The van der Waals surface area contributed by atoms with Crippen LogP contribution in [0.25, 0.3) is 0 Å². The predicted molar refractivity (Wildman–Crippen MR) is 40.6 cm³/mol. The molecule has 1 heterocycles.